The summed E-state index contributed by atoms with van der Waals surface area (Å²) in [5.74, 6) is 0.685. The summed E-state index contributed by atoms with van der Waals surface area (Å²) >= 11 is 0. The molecule has 1 aliphatic heterocycles. The smallest absolute Gasteiger partial charge is 0.271 e. The highest BCUT2D eigenvalue weighted by molar-refractivity contribution is 6.05. The van der Waals surface area contributed by atoms with Crippen LogP contribution in [0.4, 0.5) is 5.69 Å². The van der Waals surface area contributed by atoms with Crippen LogP contribution in [-0.4, -0.2) is 24.8 Å². The maximum atomic E-state index is 12.3. The van der Waals surface area contributed by atoms with E-state index in [1.54, 1.807) is 60.7 Å². The molecule has 29 heavy (non-hydrogen) atoms. The third-order valence-electron chi connectivity index (χ3n) is 4.19. The molecule has 2 amide bonds. The van der Waals surface area contributed by atoms with Gasteiger partial charge in [0, 0.05) is 16.8 Å². The SMILES string of the molecule is O=C(NN=Cc1ccc2c(c1)OCO2)c1cccc(NC(=O)c2ccccc2)c1. The van der Waals surface area contributed by atoms with Gasteiger partial charge in [0.1, 0.15) is 0 Å². The normalized spacial score (nSPS) is 12.0. The van der Waals surface area contributed by atoms with Gasteiger partial charge in [-0.15, -0.1) is 0 Å². The van der Waals surface area contributed by atoms with E-state index in [0.29, 0.717) is 28.3 Å². The highest BCUT2D eigenvalue weighted by atomic mass is 16.7. The number of nitrogens with one attached hydrogen (secondary N) is 2. The summed E-state index contributed by atoms with van der Waals surface area (Å²) in [5.41, 5.74) is 4.67. The van der Waals surface area contributed by atoms with Crippen LogP contribution in [0.5, 0.6) is 11.5 Å². The topological polar surface area (TPSA) is 89.0 Å². The van der Waals surface area contributed by atoms with Crippen LogP contribution < -0.4 is 20.2 Å². The second-order valence-corrected chi connectivity index (χ2v) is 6.21. The van der Waals surface area contributed by atoms with E-state index in [2.05, 4.69) is 15.8 Å². The van der Waals surface area contributed by atoms with Crippen LogP contribution in [0, 0.1) is 0 Å². The zero-order chi connectivity index (χ0) is 20.1. The summed E-state index contributed by atoms with van der Waals surface area (Å²) in [4.78, 5) is 24.6. The molecule has 0 saturated carbocycles. The summed E-state index contributed by atoms with van der Waals surface area (Å²) in [6.45, 7) is 0.198. The van der Waals surface area contributed by atoms with Crippen molar-refractivity contribution in [3.05, 3.63) is 89.5 Å². The Balaban J connectivity index is 1.39. The fourth-order valence-electron chi connectivity index (χ4n) is 2.75. The molecule has 7 heteroatoms. The predicted molar refractivity (Wildman–Crippen MR) is 108 cm³/mol. The van der Waals surface area contributed by atoms with Crippen molar-refractivity contribution in [2.45, 2.75) is 0 Å². The molecule has 0 aromatic heterocycles. The number of benzene rings is 3. The van der Waals surface area contributed by atoms with Gasteiger partial charge in [-0.05, 0) is 54.1 Å². The molecule has 0 spiro atoms. The molecule has 7 nitrogen and oxygen atoms in total. The first-order valence-electron chi connectivity index (χ1n) is 8.88. The van der Waals surface area contributed by atoms with E-state index in [-0.39, 0.29) is 12.7 Å². The first kappa shape index (κ1) is 18.2. The fraction of sp³-hybridized carbons (Fsp3) is 0.0455. The van der Waals surface area contributed by atoms with Crippen molar-refractivity contribution in [2.24, 2.45) is 5.10 Å². The van der Waals surface area contributed by atoms with Gasteiger partial charge >= 0.3 is 0 Å². The van der Waals surface area contributed by atoms with Crippen molar-refractivity contribution >= 4 is 23.7 Å². The molecule has 0 atom stereocenters. The molecule has 0 saturated heterocycles. The minimum Gasteiger partial charge on any atom is -0.454 e. The first-order valence-corrected chi connectivity index (χ1v) is 8.88. The second kappa shape index (κ2) is 8.26. The zero-order valence-electron chi connectivity index (χ0n) is 15.3. The van der Waals surface area contributed by atoms with Crippen LogP contribution in [-0.2, 0) is 0 Å². The monoisotopic (exact) mass is 387 g/mol. The average Bonchev–Trinajstić information content (AvgIpc) is 3.22. The number of carbonyl (C=O) groups is 2. The average molecular weight is 387 g/mol. The fourth-order valence-corrected chi connectivity index (χ4v) is 2.75. The van der Waals surface area contributed by atoms with Crippen molar-refractivity contribution in [3.8, 4) is 11.5 Å². The van der Waals surface area contributed by atoms with Gasteiger partial charge in [-0.2, -0.15) is 5.10 Å². The van der Waals surface area contributed by atoms with E-state index >= 15 is 0 Å². The van der Waals surface area contributed by atoms with Crippen molar-refractivity contribution in [2.75, 3.05) is 12.1 Å². The Kier molecular flexibility index (Phi) is 5.20. The first-order chi connectivity index (χ1) is 14.2. The van der Waals surface area contributed by atoms with Gasteiger partial charge in [0.2, 0.25) is 6.79 Å². The number of ether oxygens (including phenoxy) is 2. The van der Waals surface area contributed by atoms with Gasteiger partial charge < -0.3 is 14.8 Å². The van der Waals surface area contributed by atoms with Crippen molar-refractivity contribution in [1.29, 1.82) is 0 Å². The Hall–Kier alpha value is -4.13. The van der Waals surface area contributed by atoms with Gasteiger partial charge in [0.25, 0.3) is 11.8 Å². The molecule has 0 unspecified atom stereocenters. The number of hydrazone groups is 1. The lowest BCUT2D eigenvalue weighted by molar-refractivity contribution is 0.0953. The molecule has 1 aliphatic rings. The minimum absolute atomic E-state index is 0.198. The number of rotatable bonds is 5. The van der Waals surface area contributed by atoms with Crippen LogP contribution in [0.2, 0.25) is 0 Å². The van der Waals surface area contributed by atoms with E-state index in [1.165, 1.54) is 6.21 Å². The Labute approximate surface area is 167 Å². The number of hydrogen-bond donors (Lipinski definition) is 2. The molecule has 0 bridgehead atoms. The lowest BCUT2D eigenvalue weighted by Crippen LogP contribution is -2.18. The molecule has 0 aliphatic carbocycles. The summed E-state index contributed by atoms with van der Waals surface area (Å²) in [6.07, 6.45) is 1.51. The zero-order valence-corrected chi connectivity index (χ0v) is 15.3. The molecule has 0 radical (unpaired) electrons. The Bertz CT molecular complexity index is 1080. The van der Waals surface area contributed by atoms with Crippen LogP contribution in [0.1, 0.15) is 26.3 Å². The van der Waals surface area contributed by atoms with E-state index in [0.717, 1.165) is 5.56 Å². The van der Waals surface area contributed by atoms with E-state index in [9.17, 15) is 9.59 Å². The molecule has 0 fully saturated rings. The number of anilines is 1. The number of fused-ring (bicyclic) bond motifs is 1. The number of carbonyl (C=O) groups excluding carboxylic acids is 2. The lowest BCUT2D eigenvalue weighted by atomic mass is 10.1. The highest BCUT2D eigenvalue weighted by Crippen LogP contribution is 2.31. The summed E-state index contributed by atoms with van der Waals surface area (Å²) in [5, 5.41) is 6.75. The summed E-state index contributed by atoms with van der Waals surface area (Å²) in [6, 6.07) is 20.9. The maximum Gasteiger partial charge on any atom is 0.271 e. The number of hydrogen-bond acceptors (Lipinski definition) is 5. The third-order valence-corrected chi connectivity index (χ3v) is 4.19. The Morgan fingerprint density at radius 1 is 0.828 bits per heavy atom. The Morgan fingerprint density at radius 3 is 2.48 bits per heavy atom. The molecule has 3 aromatic carbocycles. The predicted octanol–water partition coefficient (Wildman–Crippen LogP) is 3.43. The van der Waals surface area contributed by atoms with Gasteiger partial charge in [-0.25, -0.2) is 5.43 Å². The Morgan fingerprint density at radius 2 is 1.62 bits per heavy atom. The molecular weight excluding hydrogens is 370 g/mol. The van der Waals surface area contributed by atoms with Gasteiger partial charge in [0.05, 0.1) is 6.21 Å². The van der Waals surface area contributed by atoms with Gasteiger partial charge in [-0.3, -0.25) is 9.59 Å². The van der Waals surface area contributed by atoms with Crippen molar-refractivity contribution in [3.63, 3.8) is 0 Å². The number of amides is 2. The third kappa shape index (κ3) is 4.41. The van der Waals surface area contributed by atoms with Crippen molar-refractivity contribution < 1.29 is 19.1 Å². The summed E-state index contributed by atoms with van der Waals surface area (Å²) < 4.78 is 10.6. The molecule has 4 rings (SSSR count). The minimum atomic E-state index is -0.391. The van der Waals surface area contributed by atoms with Gasteiger partial charge in [0.15, 0.2) is 11.5 Å². The van der Waals surface area contributed by atoms with E-state index in [1.807, 2.05) is 12.1 Å². The highest BCUT2D eigenvalue weighted by Gasteiger charge is 2.12. The summed E-state index contributed by atoms with van der Waals surface area (Å²) in [7, 11) is 0. The van der Waals surface area contributed by atoms with Crippen LogP contribution >= 0.6 is 0 Å². The van der Waals surface area contributed by atoms with Crippen LogP contribution in [0.25, 0.3) is 0 Å². The second-order valence-electron chi connectivity index (χ2n) is 6.21. The van der Waals surface area contributed by atoms with Gasteiger partial charge in [-0.1, -0.05) is 24.3 Å². The molecular formula is C22H17N3O4. The standard InChI is InChI=1S/C22H17N3O4/c26-21(16-5-2-1-3-6-16)24-18-8-4-7-17(12-18)22(27)25-23-13-15-9-10-19-20(11-15)29-14-28-19/h1-13H,14H2,(H,24,26)(H,25,27). The molecule has 144 valence electrons. The quantitative estimate of drug-likeness (QED) is 0.519. The van der Waals surface area contributed by atoms with E-state index in [4.69, 9.17) is 9.47 Å². The molecule has 3 aromatic rings. The largest absolute Gasteiger partial charge is 0.454 e. The number of nitrogens with zero attached hydrogens (tertiary/aromatic N) is 1. The lowest BCUT2D eigenvalue weighted by Gasteiger charge is -2.07. The van der Waals surface area contributed by atoms with Crippen molar-refractivity contribution in [1.82, 2.24) is 5.43 Å². The molecule has 2 N–H and O–H groups in total. The van der Waals surface area contributed by atoms with E-state index < -0.39 is 5.91 Å². The molecule has 1 heterocycles. The van der Waals surface area contributed by atoms with Crippen LogP contribution in [0.3, 0.4) is 0 Å². The maximum absolute atomic E-state index is 12.3. The van der Waals surface area contributed by atoms with Crippen LogP contribution in [0.15, 0.2) is 77.9 Å².